The molecule has 0 spiro atoms. The van der Waals surface area contributed by atoms with Gasteiger partial charge in [0.25, 0.3) is 5.95 Å². The molecule has 0 aliphatic rings. The molecule has 0 N–H and O–H groups in total. The van der Waals surface area contributed by atoms with Crippen molar-refractivity contribution in [2.75, 3.05) is 6.61 Å². The van der Waals surface area contributed by atoms with Crippen molar-refractivity contribution in [3.63, 3.8) is 0 Å². The molecular formula is C21H36O3. The molecule has 138 valence electrons. The highest BCUT2D eigenvalue weighted by Crippen LogP contribution is 2.21. The van der Waals surface area contributed by atoms with Gasteiger partial charge in [0.1, 0.15) is 0 Å². The number of furan rings is 1. The Bertz CT molecular complexity index is 461. The zero-order chi connectivity index (χ0) is 17.9. The standard InChI is InChI=1S/C21H36O3/c1-16(2)8-6-9-17(3)10-7-11-18(4)14-15-23-21-13-12-20(24-21)19(5)22/h12-13,16-18H,6-11,14-15H2,1-5H3. The maximum atomic E-state index is 11.2. The number of ketones is 1. The lowest BCUT2D eigenvalue weighted by atomic mass is 9.93. The van der Waals surface area contributed by atoms with Gasteiger partial charge in [-0.2, -0.15) is 0 Å². The van der Waals surface area contributed by atoms with Gasteiger partial charge in [-0.15, -0.1) is 0 Å². The van der Waals surface area contributed by atoms with E-state index in [1.807, 2.05) is 0 Å². The molecule has 0 aromatic carbocycles. The fourth-order valence-corrected chi connectivity index (χ4v) is 2.93. The Morgan fingerprint density at radius 3 is 2.08 bits per heavy atom. The summed E-state index contributed by atoms with van der Waals surface area (Å²) < 4.78 is 10.9. The molecule has 0 aliphatic carbocycles. The van der Waals surface area contributed by atoms with Gasteiger partial charge in [0.15, 0.2) is 11.5 Å². The maximum Gasteiger partial charge on any atom is 0.284 e. The van der Waals surface area contributed by atoms with E-state index >= 15 is 0 Å². The average Bonchev–Trinajstić information content (AvgIpc) is 2.96. The van der Waals surface area contributed by atoms with Gasteiger partial charge in [-0.1, -0.05) is 66.2 Å². The van der Waals surface area contributed by atoms with E-state index in [-0.39, 0.29) is 5.78 Å². The minimum absolute atomic E-state index is 0.0688. The second kappa shape index (κ2) is 11.3. The van der Waals surface area contributed by atoms with Gasteiger partial charge in [0.2, 0.25) is 0 Å². The van der Waals surface area contributed by atoms with Gasteiger partial charge in [0.05, 0.1) is 6.61 Å². The van der Waals surface area contributed by atoms with Crippen LogP contribution in [0.4, 0.5) is 0 Å². The van der Waals surface area contributed by atoms with Crippen LogP contribution in [0.1, 0.15) is 90.1 Å². The van der Waals surface area contributed by atoms with Crippen molar-refractivity contribution in [2.24, 2.45) is 17.8 Å². The Morgan fingerprint density at radius 1 is 0.958 bits per heavy atom. The van der Waals surface area contributed by atoms with E-state index in [4.69, 9.17) is 9.15 Å². The van der Waals surface area contributed by atoms with Gasteiger partial charge in [-0.25, -0.2) is 0 Å². The predicted molar refractivity (Wildman–Crippen MR) is 99.7 cm³/mol. The highest BCUT2D eigenvalue weighted by Gasteiger charge is 2.09. The number of ether oxygens (including phenoxy) is 1. The minimum atomic E-state index is -0.0688. The molecule has 0 aliphatic heterocycles. The van der Waals surface area contributed by atoms with Gasteiger partial charge in [-0.3, -0.25) is 4.79 Å². The van der Waals surface area contributed by atoms with Gasteiger partial charge < -0.3 is 9.15 Å². The maximum absolute atomic E-state index is 11.2. The molecule has 0 radical (unpaired) electrons. The van der Waals surface area contributed by atoms with Crippen LogP contribution in [0, 0.1) is 17.8 Å². The molecule has 0 amide bonds. The molecule has 0 fully saturated rings. The number of rotatable bonds is 13. The smallest absolute Gasteiger partial charge is 0.284 e. The number of carbonyl (C=O) groups is 1. The fourth-order valence-electron chi connectivity index (χ4n) is 2.93. The van der Waals surface area contributed by atoms with Crippen LogP contribution in [0.25, 0.3) is 0 Å². The Labute approximate surface area is 148 Å². The summed E-state index contributed by atoms with van der Waals surface area (Å²) in [5, 5.41) is 0. The first-order chi connectivity index (χ1) is 11.4. The first kappa shape index (κ1) is 20.8. The second-order valence-corrected chi connectivity index (χ2v) is 7.78. The third-order valence-electron chi connectivity index (χ3n) is 4.66. The molecule has 1 aromatic rings. The van der Waals surface area contributed by atoms with E-state index in [1.165, 1.54) is 45.4 Å². The summed E-state index contributed by atoms with van der Waals surface area (Å²) in [5.74, 6) is 3.09. The van der Waals surface area contributed by atoms with Crippen molar-refractivity contribution in [3.8, 4) is 5.95 Å². The molecule has 0 bridgehead atoms. The van der Waals surface area contributed by atoms with Crippen LogP contribution >= 0.6 is 0 Å². The van der Waals surface area contributed by atoms with Crippen molar-refractivity contribution in [3.05, 3.63) is 17.9 Å². The molecule has 2 unspecified atom stereocenters. The molecule has 2 atom stereocenters. The van der Waals surface area contributed by atoms with Crippen LogP contribution < -0.4 is 4.74 Å². The van der Waals surface area contributed by atoms with Gasteiger partial charge >= 0.3 is 0 Å². The zero-order valence-electron chi connectivity index (χ0n) is 16.3. The van der Waals surface area contributed by atoms with Crippen molar-refractivity contribution >= 4 is 5.78 Å². The van der Waals surface area contributed by atoms with Gasteiger partial charge in [0, 0.05) is 13.0 Å². The Kier molecular flexibility index (Phi) is 9.82. The Balaban J connectivity index is 2.07. The molecule has 1 aromatic heterocycles. The number of Topliss-reactive ketones (excluding diaryl/α,β-unsaturated/α-hetero) is 1. The first-order valence-electron chi connectivity index (χ1n) is 9.62. The predicted octanol–water partition coefficient (Wildman–Crippen LogP) is 6.52. The van der Waals surface area contributed by atoms with E-state index in [0.29, 0.717) is 24.2 Å². The second-order valence-electron chi connectivity index (χ2n) is 7.78. The SMILES string of the molecule is CC(=O)c1ccc(OCCC(C)CCCC(C)CCCC(C)C)o1. The first-order valence-corrected chi connectivity index (χ1v) is 9.62. The van der Waals surface area contributed by atoms with E-state index in [1.54, 1.807) is 12.1 Å². The molecule has 1 rings (SSSR count). The molecule has 0 saturated carbocycles. The van der Waals surface area contributed by atoms with Crippen LogP contribution in [0.5, 0.6) is 5.95 Å². The summed E-state index contributed by atoms with van der Waals surface area (Å²) in [5.41, 5.74) is 0. The number of hydrogen-bond donors (Lipinski definition) is 0. The molecule has 1 heterocycles. The largest absolute Gasteiger partial charge is 0.465 e. The van der Waals surface area contributed by atoms with E-state index in [0.717, 1.165) is 18.3 Å². The highest BCUT2D eigenvalue weighted by molar-refractivity contribution is 5.91. The molecule has 3 nitrogen and oxygen atoms in total. The van der Waals surface area contributed by atoms with Crippen LogP contribution in [0.3, 0.4) is 0 Å². The quantitative estimate of drug-likeness (QED) is 0.385. The summed E-state index contributed by atoms with van der Waals surface area (Å²) in [6, 6.07) is 3.39. The molecule has 3 heteroatoms. The van der Waals surface area contributed by atoms with Gasteiger partial charge in [-0.05, 0) is 30.2 Å². The molecule has 0 saturated heterocycles. The summed E-state index contributed by atoms with van der Waals surface area (Å²) in [4.78, 5) is 11.2. The van der Waals surface area contributed by atoms with Crippen molar-refractivity contribution in [1.82, 2.24) is 0 Å². The third-order valence-corrected chi connectivity index (χ3v) is 4.66. The van der Waals surface area contributed by atoms with Crippen LogP contribution in [-0.4, -0.2) is 12.4 Å². The summed E-state index contributed by atoms with van der Waals surface area (Å²) in [6.07, 6.45) is 9.02. The Hall–Kier alpha value is -1.25. The Morgan fingerprint density at radius 2 is 1.54 bits per heavy atom. The minimum Gasteiger partial charge on any atom is -0.465 e. The lowest BCUT2D eigenvalue weighted by Crippen LogP contribution is -2.05. The normalized spacial score (nSPS) is 13.9. The van der Waals surface area contributed by atoms with Crippen molar-refractivity contribution in [1.29, 1.82) is 0 Å². The van der Waals surface area contributed by atoms with Crippen LogP contribution in [0.15, 0.2) is 16.5 Å². The highest BCUT2D eigenvalue weighted by atomic mass is 16.6. The average molecular weight is 337 g/mol. The monoisotopic (exact) mass is 336 g/mol. The van der Waals surface area contributed by atoms with Crippen molar-refractivity contribution < 1.29 is 13.9 Å². The topological polar surface area (TPSA) is 39.4 Å². The van der Waals surface area contributed by atoms with E-state index < -0.39 is 0 Å². The summed E-state index contributed by atoms with van der Waals surface area (Å²) in [6.45, 7) is 11.4. The summed E-state index contributed by atoms with van der Waals surface area (Å²) in [7, 11) is 0. The third kappa shape index (κ3) is 9.14. The lowest BCUT2D eigenvalue weighted by molar-refractivity contribution is 0.0977. The number of hydrogen-bond acceptors (Lipinski definition) is 3. The fraction of sp³-hybridized carbons (Fsp3) is 0.762. The van der Waals surface area contributed by atoms with E-state index in [9.17, 15) is 4.79 Å². The lowest BCUT2D eigenvalue weighted by Gasteiger charge is -2.15. The summed E-state index contributed by atoms with van der Waals surface area (Å²) >= 11 is 0. The molecule has 24 heavy (non-hydrogen) atoms. The zero-order valence-corrected chi connectivity index (χ0v) is 16.3. The van der Waals surface area contributed by atoms with E-state index in [2.05, 4.69) is 27.7 Å². The number of carbonyl (C=O) groups excluding carboxylic acids is 1. The van der Waals surface area contributed by atoms with Crippen LogP contribution in [0.2, 0.25) is 0 Å². The van der Waals surface area contributed by atoms with Crippen LogP contribution in [-0.2, 0) is 0 Å². The molecular weight excluding hydrogens is 300 g/mol. The van der Waals surface area contributed by atoms with Crippen molar-refractivity contribution in [2.45, 2.75) is 79.6 Å².